The van der Waals surface area contributed by atoms with Gasteiger partial charge in [-0.1, -0.05) is 15.9 Å². The second-order valence-corrected chi connectivity index (χ2v) is 8.32. The number of rotatable bonds is 3. The van der Waals surface area contributed by atoms with Crippen molar-refractivity contribution in [3.05, 3.63) is 0 Å². The fraction of sp³-hybridized carbons (Fsp3) is 0.857. The van der Waals surface area contributed by atoms with Gasteiger partial charge in [0.25, 0.3) is 5.91 Å². The maximum Gasteiger partial charge on any atom is 0.312 e. The van der Waals surface area contributed by atoms with Crippen LogP contribution >= 0.6 is 15.9 Å². The molecule has 106 valence electrons. The van der Waals surface area contributed by atoms with Crippen LogP contribution in [-0.2, 0) is 14.3 Å². The first kappa shape index (κ1) is 13.4. The second kappa shape index (κ2) is 4.47. The first-order valence-electron chi connectivity index (χ1n) is 7.01. The fourth-order valence-corrected chi connectivity index (χ4v) is 6.20. The molecule has 0 aromatic carbocycles. The standard InChI is InChI=1S/C14H20BrNO3/c1-16-11(17)7-19-12(18)13-3-9-2-10(4-13)6-14(15,5-9)8-13/h9-10H,2-8H2,1H3,(H,16,17)/t9-,10+,13?,14?. The van der Waals surface area contributed by atoms with Crippen molar-refractivity contribution in [3.63, 3.8) is 0 Å². The van der Waals surface area contributed by atoms with E-state index in [2.05, 4.69) is 21.2 Å². The first-order chi connectivity index (χ1) is 8.95. The quantitative estimate of drug-likeness (QED) is 0.636. The van der Waals surface area contributed by atoms with Gasteiger partial charge in [0.1, 0.15) is 0 Å². The van der Waals surface area contributed by atoms with Crippen molar-refractivity contribution in [1.82, 2.24) is 5.32 Å². The molecule has 4 aliphatic carbocycles. The molecule has 4 aliphatic rings. The van der Waals surface area contributed by atoms with Crippen molar-refractivity contribution in [2.45, 2.75) is 42.8 Å². The van der Waals surface area contributed by atoms with E-state index in [4.69, 9.17) is 4.74 Å². The molecule has 2 unspecified atom stereocenters. The lowest BCUT2D eigenvalue weighted by molar-refractivity contribution is -0.171. The molecule has 0 heterocycles. The topological polar surface area (TPSA) is 55.4 Å². The monoisotopic (exact) mass is 329 g/mol. The van der Waals surface area contributed by atoms with E-state index >= 15 is 0 Å². The van der Waals surface area contributed by atoms with Crippen molar-refractivity contribution >= 4 is 27.8 Å². The molecule has 1 amide bonds. The number of hydrogen-bond acceptors (Lipinski definition) is 3. The van der Waals surface area contributed by atoms with Gasteiger partial charge in [0.05, 0.1) is 5.41 Å². The molecule has 4 bridgehead atoms. The van der Waals surface area contributed by atoms with Crippen LogP contribution in [0.1, 0.15) is 38.5 Å². The van der Waals surface area contributed by atoms with E-state index in [1.54, 1.807) is 7.05 Å². The maximum atomic E-state index is 12.4. The number of amides is 1. The number of ether oxygens (including phenoxy) is 1. The van der Waals surface area contributed by atoms with Gasteiger partial charge in [0.2, 0.25) is 0 Å². The number of likely N-dealkylation sites (N-methyl/N-ethyl adjacent to an activating group) is 1. The van der Waals surface area contributed by atoms with E-state index in [-0.39, 0.29) is 28.2 Å². The van der Waals surface area contributed by atoms with Crippen molar-refractivity contribution in [2.75, 3.05) is 13.7 Å². The van der Waals surface area contributed by atoms with Crippen LogP contribution in [0.15, 0.2) is 0 Å². The van der Waals surface area contributed by atoms with Gasteiger partial charge in [-0.05, 0) is 50.4 Å². The van der Waals surface area contributed by atoms with Crippen molar-refractivity contribution in [2.24, 2.45) is 17.3 Å². The average molecular weight is 330 g/mol. The molecule has 4 rings (SSSR count). The summed E-state index contributed by atoms with van der Waals surface area (Å²) in [6, 6.07) is 0. The predicted octanol–water partition coefficient (Wildman–Crippen LogP) is 2.01. The molecule has 5 heteroatoms. The van der Waals surface area contributed by atoms with Crippen molar-refractivity contribution in [1.29, 1.82) is 0 Å². The molecule has 0 aromatic heterocycles. The van der Waals surface area contributed by atoms with Crippen LogP contribution in [0.3, 0.4) is 0 Å². The first-order valence-corrected chi connectivity index (χ1v) is 7.81. The summed E-state index contributed by atoms with van der Waals surface area (Å²) in [5, 5.41) is 2.48. The number of hydrogen-bond donors (Lipinski definition) is 1. The Kier molecular flexibility index (Phi) is 3.15. The lowest BCUT2D eigenvalue weighted by atomic mass is 9.49. The molecule has 0 spiro atoms. The SMILES string of the molecule is CNC(=O)COC(=O)C12C[C@@H]3C[C@@H](CC(Br)(C3)C1)C2. The summed E-state index contributed by atoms with van der Waals surface area (Å²) in [4.78, 5) is 23.6. The van der Waals surface area contributed by atoms with Gasteiger partial charge in [-0.2, -0.15) is 0 Å². The third-order valence-electron chi connectivity index (χ3n) is 5.04. The molecule has 0 saturated heterocycles. The Labute approximate surface area is 121 Å². The smallest absolute Gasteiger partial charge is 0.312 e. The molecule has 0 aliphatic heterocycles. The summed E-state index contributed by atoms with van der Waals surface area (Å²) in [6.07, 6.45) is 6.41. The van der Waals surface area contributed by atoms with Gasteiger partial charge < -0.3 is 10.1 Å². The molecule has 4 saturated carbocycles. The Bertz CT molecular complexity index is 409. The molecule has 4 fully saturated rings. The summed E-state index contributed by atoms with van der Waals surface area (Å²) in [7, 11) is 1.55. The Balaban J connectivity index is 1.73. The van der Waals surface area contributed by atoms with Crippen molar-refractivity contribution in [3.8, 4) is 0 Å². The summed E-state index contributed by atoms with van der Waals surface area (Å²) >= 11 is 3.87. The molecule has 4 nitrogen and oxygen atoms in total. The zero-order valence-corrected chi connectivity index (χ0v) is 12.8. The largest absolute Gasteiger partial charge is 0.455 e. The number of alkyl halides is 1. The number of halogens is 1. The highest BCUT2D eigenvalue weighted by atomic mass is 79.9. The van der Waals surface area contributed by atoms with E-state index in [9.17, 15) is 9.59 Å². The Morgan fingerprint density at radius 2 is 1.89 bits per heavy atom. The number of carbonyl (C=O) groups excluding carboxylic acids is 2. The number of carbonyl (C=O) groups is 2. The van der Waals surface area contributed by atoms with Crippen LogP contribution in [0.25, 0.3) is 0 Å². The average Bonchev–Trinajstić information content (AvgIpc) is 2.32. The fourth-order valence-electron chi connectivity index (χ4n) is 4.75. The summed E-state index contributed by atoms with van der Waals surface area (Å²) in [6.45, 7) is -0.151. The number of esters is 1. The molecule has 0 radical (unpaired) electrons. The van der Waals surface area contributed by atoms with Crippen LogP contribution in [0, 0.1) is 17.3 Å². The summed E-state index contributed by atoms with van der Waals surface area (Å²) < 4.78 is 5.39. The van der Waals surface area contributed by atoms with Crippen LogP contribution in [-0.4, -0.2) is 29.9 Å². The molecular weight excluding hydrogens is 310 g/mol. The third kappa shape index (κ3) is 2.30. The third-order valence-corrected chi connectivity index (χ3v) is 5.96. The van der Waals surface area contributed by atoms with E-state index in [1.807, 2.05) is 0 Å². The van der Waals surface area contributed by atoms with E-state index in [1.165, 1.54) is 19.3 Å². The van der Waals surface area contributed by atoms with E-state index < -0.39 is 0 Å². The lowest BCUT2D eigenvalue weighted by Crippen LogP contribution is -2.56. The highest BCUT2D eigenvalue weighted by Crippen LogP contribution is 2.64. The molecule has 1 N–H and O–H groups in total. The zero-order valence-electron chi connectivity index (χ0n) is 11.2. The Morgan fingerprint density at radius 3 is 2.42 bits per heavy atom. The zero-order chi connectivity index (χ0) is 13.7. The maximum absolute atomic E-state index is 12.4. The minimum absolute atomic E-state index is 0.142. The van der Waals surface area contributed by atoms with Gasteiger partial charge in [-0.25, -0.2) is 0 Å². The second-order valence-electron chi connectivity index (χ2n) is 6.64. The van der Waals surface area contributed by atoms with Crippen LogP contribution in [0.4, 0.5) is 0 Å². The highest BCUT2D eigenvalue weighted by molar-refractivity contribution is 9.10. The van der Waals surface area contributed by atoms with E-state index in [0.29, 0.717) is 11.8 Å². The van der Waals surface area contributed by atoms with E-state index in [0.717, 1.165) is 19.3 Å². The molecular formula is C14H20BrNO3. The minimum atomic E-state index is -0.332. The molecule has 0 aromatic rings. The number of nitrogens with one attached hydrogen (secondary N) is 1. The summed E-state index contributed by atoms with van der Waals surface area (Å²) in [5.41, 5.74) is -0.332. The normalized spacial score (nSPS) is 43.1. The molecule has 19 heavy (non-hydrogen) atoms. The van der Waals surface area contributed by atoms with Gasteiger partial charge in [0, 0.05) is 11.4 Å². The van der Waals surface area contributed by atoms with Gasteiger partial charge in [-0.3, -0.25) is 9.59 Å². The minimum Gasteiger partial charge on any atom is -0.455 e. The van der Waals surface area contributed by atoms with Gasteiger partial charge >= 0.3 is 5.97 Å². The van der Waals surface area contributed by atoms with Crippen molar-refractivity contribution < 1.29 is 14.3 Å². The van der Waals surface area contributed by atoms with Crippen LogP contribution in [0.2, 0.25) is 0 Å². The van der Waals surface area contributed by atoms with Crippen LogP contribution in [0.5, 0.6) is 0 Å². The van der Waals surface area contributed by atoms with Gasteiger partial charge in [0.15, 0.2) is 6.61 Å². The Hall–Kier alpha value is -0.580. The summed E-state index contributed by atoms with van der Waals surface area (Å²) in [5.74, 6) is 0.891. The van der Waals surface area contributed by atoms with Crippen LogP contribution < -0.4 is 5.32 Å². The van der Waals surface area contributed by atoms with Gasteiger partial charge in [-0.15, -0.1) is 0 Å². The highest BCUT2D eigenvalue weighted by Gasteiger charge is 2.60. The Morgan fingerprint density at radius 1 is 1.26 bits per heavy atom. The lowest BCUT2D eigenvalue weighted by Gasteiger charge is -2.58. The predicted molar refractivity (Wildman–Crippen MR) is 73.8 cm³/mol. The molecule has 4 atom stereocenters.